The van der Waals surface area contributed by atoms with E-state index in [-0.39, 0.29) is 11.9 Å². The number of carbonyl (C=O) groups excluding carboxylic acids is 1. The third kappa shape index (κ3) is 2.19. The highest BCUT2D eigenvalue weighted by Gasteiger charge is 2.24. The monoisotopic (exact) mass is 238 g/mol. The van der Waals surface area contributed by atoms with Crippen LogP contribution in [0.3, 0.4) is 0 Å². The number of hydrogen-bond acceptors (Lipinski definition) is 3. The van der Waals surface area contributed by atoms with Crippen LogP contribution in [-0.4, -0.2) is 13.1 Å². The molecule has 0 fully saturated rings. The van der Waals surface area contributed by atoms with Crippen LogP contribution in [0.4, 0.5) is 0 Å². The Balaban J connectivity index is 2.09. The van der Waals surface area contributed by atoms with E-state index in [0.29, 0.717) is 11.4 Å². The first-order valence-corrected chi connectivity index (χ1v) is 5.29. The van der Waals surface area contributed by atoms with Crippen LogP contribution in [0.1, 0.15) is 18.1 Å². The van der Waals surface area contributed by atoms with Crippen molar-refractivity contribution >= 4 is 17.6 Å². The van der Waals surface area contributed by atoms with Gasteiger partial charge in [-0.05, 0) is 23.8 Å². The zero-order chi connectivity index (χ0) is 11.5. The fourth-order valence-electron chi connectivity index (χ4n) is 1.61. The average molecular weight is 239 g/mol. The highest BCUT2D eigenvalue weighted by Crippen LogP contribution is 2.32. The van der Waals surface area contributed by atoms with E-state index in [0.717, 1.165) is 5.56 Å². The van der Waals surface area contributed by atoms with Gasteiger partial charge in [0.25, 0.3) is 0 Å². The first-order valence-electron chi connectivity index (χ1n) is 4.91. The average Bonchev–Trinajstić information content (AvgIpc) is 2.77. The van der Waals surface area contributed by atoms with E-state index in [1.165, 1.54) is 7.11 Å². The molecule has 84 valence electrons. The molecule has 1 atom stereocenters. The molecule has 2 rings (SSSR count). The van der Waals surface area contributed by atoms with Gasteiger partial charge in [0.15, 0.2) is 0 Å². The van der Waals surface area contributed by atoms with Gasteiger partial charge in [0.1, 0.15) is 6.10 Å². The van der Waals surface area contributed by atoms with Crippen molar-refractivity contribution in [3.8, 4) is 0 Å². The van der Waals surface area contributed by atoms with Gasteiger partial charge in [-0.25, -0.2) is 4.79 Å². The van der Waals surface area contributed by atoms with Crippen LogP contribution >= 0.6 is 11.6 Å². The van der Waals surface area contributed by atoms with Gasteiger partial charge >= 0.3 is 5.97 Å². The van der Waals surface area contributed by atoms with Crippen LogP contribution in [-0.2, 0) is 14.3 Å². The van der Waals surface area contributed by atoms with Crippen LogP contribution in [0.15, 0.2) is 36.1 Å². The summed E-state index contributed by atoms with van der Waals surface area (Å²) in [5, 5.41) is 0.660. The Morgan fingerprint density at radius 3 is 3.06 bits per heavy atom. The van der Waals surface area contributed by atoms with Crippen LogP contribution in [0.2, 0.25) is 5.02 Å². The lowest BCUT2D eigenvalue weighted by atomic mass is 10.1. The Kier molecular flexibility index (Phi) is 3.15. The quantitative estimate of drug-likeness (QED) is 0.744. The van der Waals surface area contributed by atoms with E-state index in [1.807, 2.05) is 18.2 Å². The van der Waals surface area contributed by atoms with Crippen molar-refractivity contribution in [1.82, 2.24) is 0 Å². The van der Waals surface area contributed by atoms with Gasteiger partial charge in [-0.2, -0.15) is 0 Å². The lowest BCUT2D eigenvalue weighted by Crippen LogP contribution is -2.06. The van der Waals surface area contributed by atoms with Gasteiger partial charge in [0.05, 0.1) is 7.11 Å². The van der Waals surface area contributed by atoms with Gasteiger partial charge in [-0.3, -0.25) is 0 Å². The molecule has 1 unspecified atom stereocenters. The highest BCUT2D eigenvalue weighted by molar-refractivity contribution is 6.30. The standard InChI is InChI=1S/C12H11ClO3/c1-15-12(14)11-6-5-10(16-11)8-3-2-4-9(13)7-8/h2-4,6-7,10H,5H2,1H3. The molecule has 16 heavy (non-hydrogen) atoms. The zero-order valence-electron chi connectivity index (χ0n) is 8.77. The van der Waals surface area contributed by atoms with E-state index < -0.39 is 5.97 Å². The van der Waals surface area contributed by atoms with Crippen molar-refractivity contribution in [2.24, 2.45) is 0 Å². The Hall–Kier alpha value is -1.48. The fourth-order valence-corrected chi connectivity index (χ4v) is 1.81. The minimum atomic E-state index is -0.440. The highest BCUT2D eigenvalue weighted by atomic mass is 35.5. The second-order valence-corrected chi connectivity index (χ2v) is 3.89. The zero-order valence-corrected chi connectivity index (χ0v) is 9.53. The summed E-state index contributed by atoms with van der Waals surface area (Å²) in [4.78, 5) is 11.2. The fraction of sp³-hybridized carbons (Fsp3) is 0.250. The van der Waals surface area contributed by atoms with E-state index in [1.54, 1.807) is 12.1 Å². The predicted molar refractivity (Wildman–Crippen MR) is 60.0 cm³/mol. The van der Waals surface area contributed by atoms with Crippen molar-refractivity contribution in [3.05, 3.63) is 46.7 Å². The number of methoxy groups -OCH3 is 1. The van der Waals surface area contributed by atoms with Crippen molar-refractivity contribution in [2.45, 2.75) is 12.5 Å². The molecule has 0 radical (unpaired) electrons. The molecule has 1 aliphatic heterocycles. The third-order valence-electron chi connectivity index (χ3n) is 2.39. The van der Waals surface area contributed by atoms with Crippen molar-refractivity contribution in [3.63, 3.8) is 0 Å². The first kappa shape index (κ1) is 11.0. The lowest BCUT2D eigenvalue weighted by Gasteiger charge is -2.12. The summed E-state index contributed by atoms with van der Waals surface area (Å²) in [6.07, 6.45) is 2.25. The molecule has 4 heteroatoms. The SMILES string of the molecule is COC(=O)C1=CCC(c2cccc(Cl)c2)O1. The molecular formula is C12H11ClO3. The Morgan fingerprint density at radius 1 is 1.56 bits per heavy atom. The van der Waals surface area contributed by atoms with Gasteiger partial charge in [-0.15, -0.1) is 0 Å². The van der Waals surface area contributed by atoms with Crippen molar-refractivity contribution < 1.29 is 14.3 Å². The summed E-state index contributed by atoms with van der Waals surface area (Å²) >= 11 is 5.89. The Labute approximate surface area is 98.6 Å². The van der Waals surface area contributed by atoms with E-state index in [4.69, 9.17) is 16.3 Å². The number of halogens is 1. The number of esters is 1. The molecular weight excluding hydrogens is 228 g/mol. The summed E-state index contributed by atoms with van der Waals surface area (Å²) in [5.41, 5.74) is 0.961. The second-order valence-electron chi connectivity index (χ2n) is 3.46. The number of carbonyl (C=O) groups is 1. The number of rotatable bonds is 2. The maximum absolute atomic E-state index is 11.2. The van der Waals surface area contributed by atoms with Gasteiger partial charge in [-0.1, -0.05) is 23.7 Å². The number of ether oxygens (including phenoxy) is 2. The van der Waals surface area contributed by atoms with Crippen LogP contribution in [0.25, 0.3) is 0 Å². The number of benzene rings is 1. The molecule has 0 bridgehead atoms. The van der Waals surface area contributed by atoms with E-state index in [9.17, 15) is 4.79 Å². The Morgan fingerprint density at radius 2 is 2.38 bits per heavy atom. The summed E-state index contributed by atoms with van der Waals surface area (Å²) in [6.45, 7) is 0. The van der Waals surface area contributed by atoms with Gasteiger partial charge in [0, 0.05) is 11.4 Å². The molecule has 0 aromatic heterocycles. The van der Waals surface area contributed by atoms with Crippen LogP contribution in [0.5, 0.6) is 0 Å². The molecule has 1 heterocycles. The molecule has 3 nitrogen and oxygen atoms in total. The molecule has 1 aromatic rings. The van der Waals surface area contributed by atoms with Crippen molar-refractivity contribution in [1.29, 1.82) is 0 Å². The largest absolute Gasteiger partial charge is 0.478 e. The van der Waals surface area contributed by atoms with E-state index >= 15 is 0 Å². The second kappa shape index (κ2) is 4.58. The van der Waals surface area contributed by atoms with Crippen LogP contribution < -0.4 is 0 Å². The summed E-state index contributed by atoms with van der Waals surface area (Å²) in [5.74, 6) is -0.169. The molecule has 0 N–H and O–H groups in total. The number of hydrogen-bond donors (Lipinski definition) is 0. The molecule has 0 amide bonds. The van der Waals surface area contributed by atoms with E-state index in [2.05, 4.69) is 4.74 Å². The summed E-state index contributed by atoms with van der Waals surface area (Å²) in [6, 6.07) is 7.41. The lowest BCUT2D eigenvalue weighted by molar-refractivity contribution is -0.140. The maximum Gasteiger partial charge on any atom is 0.372 e. The Bertz CT molecular complexity index is 440. The van der Waals surface area contributed by atoms with Crippen molar-refractivity contribution in [2.75, 3.05) is 7.11 Å². The molecule has 0 saturated carbocycles. The molecule has 0 saturated heterocycles. The molecule has 1 aromatic carbocycles. The maximum atomic E-state index is 11.2. The smallest absolute Gasteiger partial charge is 0.372 e. The summed E-state index contributed by atoms with van der Waals surface area (Å²) < 4.78 is 10.1. The third-order valence-corrected chi connectivity index (χ3v) is 2.63. The predicted octanol–water partition coefficient (Wildman–Crippen LogP) is 2.86. The normalized spacial score (nSPS) is 18.9. The molecule has 0 spiro atoms. The van der Waals surface area contributed by atoms with Gasteiger partial charge < -0.3 is 9.47 Å². The molecule has 0 aliphatic carbocycles. The molecule has 1 aliphatic rings. The summed E-state index contributed by atoms with van der Waals surface area (Å²) in [7, 11) is 1.33. The van der Waals surface area contributed by atoms with Gasteiger partial charge in [0.2, 0.25) is 5.76 Å². The first-order chi connectivity index (χ1) is 7.70. The minimum Gasteiger partial charge on any atom is -0.478 e. The minimum absolute atomic E-state index is 0.146. The van der Waals surface area contributed by atoms with Crippen LogP contribution in [0, 0.1) is 0 Å². The topological polar surface area (TPSA) is 35.5 Å².